The van der Waals surface area contributed by atoms with Crippen LogP contribution in [-0.4, -0.2) is 37.7 Å². The summed E-state index contributed by atoms with van der Waals surface area (Å²) in [5.74, 6) is -0.778. The summed E-state index contributed by atoms with van der Waals surface area (Å²) in [4.78, 5) is 26.1. The van der Waals surface area contributed by atoms with Crippen LogP contribution in [0.4, 0.5) is 5.00 Å². The van der Waals surface area contributed by atoms with Crippen molar-refractivity contribution in [1.82, 2.24) is 0 Å². The van der Waals surface area contributed by atoms with E-state index < -0.39 is 11.9 Å². The predicted octanol–water partition coefficient (Wildman–Crippen LogP) is 1.49. The molecule has 8 heteroatoms. The first-order valence-corrected chi connectivity index (χ1v) is 9.34. The second kappa shape index (κ2) is 6.59. The number of carbonyl (C=O) groups excluding carboxylic acids is 2. The third-order valence-corrected chi connectivity index (χ3v) is 5.95. The molecule has 1 aromatic rings. The summed E-state index contributed by atoms with van der Waals surface area (Å²) in [6.07, 6.45) is 2.01. The number of carbonyl (C=O) groups is 2. The third-order valence-electron chi connectivity index (χ3n) is 4.47. The number of nitrogens with one attached hydrogen (secondary N) is 1. The molecule has 142 valence electrons. The first kappa shape index (κ1) is 18.7. The quantitative estimate of drug-likeness (QED) is 0.775. The van der Waals surface area contributed by atoms with Gasteiger partial charge in [-0.15, -0.1) is 11.3 Å². The molecule has 0 unspecified atom stereocenters. The number of anilines is 1. The Morgan fingerprint density at radius 1 is 1.27 bits per heavy atom. The SMILES string of the molecule is COC(=O)c1c(NC(=O)C2=COCCO2)sc2c1CC(C)(C)[NH2+]C2(C)C. The average Bonchev–Trinajstić information content (AvgIpc) is 2.91. The Balaban J connectivity index is 2.03. The van der Waals surface area contributed by atoms with Crippen LogP contribution in [0.2, 0.25) is 0 Å². The zero-order chi connectivity index (χ0) is 19.1. The van der Waals surface area contributed by atoms with Crippen LogP contribution in [-0.2, 0) is 31.0 Å². The molecule has 2 aliphatic rings. The van der Waals surface area contributed by atoms with E-state index in [9.17, 15) is 9.59 Å². The van der Waals surface area contributed by atoms with Gasteiger partial charge in [0, 0.05) is 6.42 Å². The Kier molecular flexibility index (Phi) is 4.74. The number of nitrogens with two attached hydrogens (primary N) is 1. The van der Waals surface area contributed by atoms with Gasteiger partial charge in [-0.05, 0) is 33.3 Å². The number of quaternary nitrogens is 1. The minimum atomic E-state index is -0.443. The zero-order valence-electron chi connectivity index (χ0n) is 15.7. The Morgan fingerprint density at radius 3 is 2.62 bits per heavy atom. The Labute approximate surface area is 156 Å². The van der Waals surface area contributed by atoms with Crippen LogP contribution in [0, 0.1) is 0 Å². The van der Waals surface area contributed by atoms with Crippen molar-refractivity contribution in [2.45, 2.75) is 45.2 Å². The van der Waals surface area contributed by atoms with Gasteiger partial charge in [-0.1, -0.05) is 0 Å². The fraction of sp³-hybridized carbons (Fsp3) is 0.556. The first-order chi connectivity index (χ1) is 12.1. The molecule has 1 amide bonds. The molecule has 0 radical (unpaired) electrons. The topological polar surface area (TPSA) is 90.5 Å². The maximum atomic E-state index is 12.5. The molecule has 0 saturated heterocycles. The maximum absolute atomic E-state index is 12.5. The van der Waals surface area contributed by atoms with Crippen molar-refractivity contribution in [1.29, 1.82) is 0 Å². The molecule has 0 bridgehead atoms. The van der Waals surface area contributed by atoms with Crippen molar-refractivity contribution in [3.05, 3.63) is 28.0 Å². The third kappa shape index (κ3) is 3.43. The number of rotatable bonds is 3. The normalized spacial score (nSPS) is 20.1. The van der Waals surface area contributed by atoms with E-state index in [0.29, 0.717) is 30.2 Å². The fourth-order valence-electron chi connectivity index (χ4n) is 3.76. The highest BCUT2D eigenvalue weighted by atomic mass is 32.1. The van der Waals surface area contributed by atoms with E-state index in [-0.39, 0.29) is 16.8 Å². The monoisotopic (exact) mass is 381 g/mol. The van der Waals surface area contributed by atoms with Crippen molar-refractivity contribution in [2.24, 2.45) is 0 Å². The van der Waals surface area contributed by atoms with Crippen molar-refractivity contribution in [3.8, 4) is 0 Å². The predicted molar refractivity (Wildman–Crippen MR) is 97.0 cm³/mol. The maximum Gasteiger partial charge on any atom is 0.341 e. The molecule has 0 fully saturated rings. The van der Waals surface area contributed by atoms with Gasteiger partial charge in [0.05, 0.1) is 23.1 Å². The standard InChI is InChI=1S/C18H24N2O5S/c1-17(2)8-10-12(16(22)23-5)15(26-13(10)18(3,4)20-17)19-14(21)11-9-24-6-7-25-11/h9,20H,6-8H2,1-5H3,(H,19,21)/p+1. The molecule has 0 atom stereocenters. The highest BCUT2D eigenvalue weighted by Gasteiger charge is 2.45. The molecular weight excluding hydrogens is 356 g/mol. The number of ether oxygens (including phenoxy) is 3. The average molecular weight is 381 g/mol. The summed E-state index contributed by atoms with van der Waals surface area (Å²) in [5, 5.41) is 5.59. The lowest BCUT2D eigenvalue weighted by Gasteiger charge is -2.38. The van der Waals surface area contributed by atoms with Crippen LogP contribution < -0.4 is 10.6 Å². The van der Waals surface area contributed by atoms with E-state index >= 15 is 0 Å². The molecule has 3 N–H and O–H groups in total. The molecular formula is C18H25N2O5S+. The van der Waals surface area contributed by atoms with Crippen LogP contribution in [0.25, 0.3) is 0 Å². The van der Waals surface area contributed by atoms with Crippen molar-refractivity contribution >= 4 is 28.2 Å². The number of amides is 1. The van der Waals surface area contributed by atoms with Crippen molar-refractivity contribution in [3.63, 3.8) is 0 Å². The van der Waals surface area contributed by atoms with E-state index in [4.69, 9.17) is 14.2 Å². The van der Waals surface area contributed by atoms with Crippen LogP contribution in [0.5, 0.6) is 0 Å². The van der Waals surface area contributed by atoms with Gasteiger partial charge in [-0.25, -0.2) is 4.79 Å². The number of fused-ring (bicyclic) bond motifs is 1. The van der Waals surface area contributed by atoms with Crippen LogP contribution >= 0.6 is 11.3 Å². The minimum Gasteiger partial charge on any atom is -0.494 e. The van der Waals surface area contributed by atoms with Gasteiger partial charge in [0.25, 0.3) is 5.91 Å². The lowest BCUT2D eigenvalue weighted by molar-refractivity contribution is -0.789. The van der Waals surface area contributed by atoms with E-state index in [1.165, 1.54) is 24.7 Å². The van der Waals surface area contributed by atoms with Gasteiger partial charge in [-0.2, -0.15) is 0 Å². The Morgan fingerprint density at radius 2 is 2.00 bits per heavy atom. The number of esters is 1. The van der Waals surface area contributed by atoms with E-state index in [2.05, 4.69) is 38.3 Å². The Hall–Kier alpha value is -2.06. The van der Waals surface area contributed by atoms with Crippen LogP contribution in [0.15, 0.2) is 12.0 Å². The molecule has 7 nitrogen and oxygen atoms in total. The summed E-state index contributed by atoms with van der Waals surface area (Å²) in [7, 11) is 1.35. The van der Waals surface area contributed by atoms with Crippen molar-refractivity contribution in [2.75, 3.05) is 25.6 Å². The van der Waals surface area contributed by atoms with E-state index in [1.807, 2.05) is 0 Å². The molecule has 2 aliphatic heterocycles. The molecule has 26 heavy (non-hydrogen) atoms. The zero-order valence-corrected chi connectivity index (χ0v) is 16.5. The fourth-order valence-corrected chi connectivity index (χ4v) is 5.04. The van der Waals surface area contributed by atoms with Crippen molar-refractivity contribution < 1.29 is 29.1 Å². The largest absolute Gasteiger partial charge is 0.494 e. The second-order valence-electron chi connectivity index (χ2n) is 7.79. The Bertz CT molecular complexity index is 779. The number of thiophene rings is 1. The highest BCUT2D eigenvalue weighted by Crippen LogP contribution is 2.42. The molecule has 0 aliphatic carbocycles. The molecule has 1 aromatic heterocycles. The number of methoxy groups -OCH3 is 1. The summed E-state index contributed by atoms with van der Waals surface area (Å²) >= 11 is 1.42. The van der Waals surface area contributed by atoms with Gasteiger partial charge in [0.2, 0.25) is 5.76 Å². The molecule has 3 rings (SSSR count). The van der Waals surface area contributed by atoms with Gasteiger partial charge >= 0.3 is 5.97 Å². The number of hydrogen-bond acceptors (Lipinski definition) is 6. The molecule has 0 aromatic carbocycles. The minimum absolute atomic E-state index is 0.0650. The van der Waals surface area contributed by atoms with Gasteiger partial charge in [0.15, 0.2) is 0 Å². The molecule has 3 heterocycles. The summed E-state index contributed by atoms with van der Waals surface area (Å²) < 4.78 is 15.5. The van der Waals surface area contributed by atoms with Gasteiger partial charge < -0.3 is 24.8 Å². The van der Waals surface area contributed by atoms with E-state index in [1.54, 1.807) is 0 Å². The summed E-state index contributed by atoms with van der Waals surface area (Å²) in [6.45, 7) is 9.27. The highest BCUT2D eigenvalue weighted by molar-refractivity contribution is 7.17. The molecule has 0 spiro atoms. The van der Waals surface area contributed by atoms with Gasteiger partial charge in [-0.3, -0.25) is 4.79 Å². The lowest BCUT2D eigenvalue weighted by Crippen LogP contribution is -3.03. The van der Waals surface area contributed by atoms with E-state index in [0.717, 1.165) is 10.4 Å². The summed E-state index contributed by atoms with van der Waals surface area (Å²) in [5.41, 5.74) is 1.11. The smallest absolute Gasteiger partial charge is 0.341 e. The summed E-state index contributed by atoms with van der Waals surface area (Å²) in [6, 6.07) is 0. The van der Waals surface area contributed by atoms with Crippen LogP contribution in [0.3, 0.4) is 0 Å². The van der Waals surface area contributed by atoms with Crippen LogP contribution in [0.1, 0.15) is 48.5 Å². The van der Waals surface area contributed by atoms with Gasteiger partial charge in [0.1, 0.15) is 30.0 Å². The first-order valence-electron chi connectivity index (χ1n) is 8.52. The second-order valence-corrected chi connectivity index (χ2v) is 8.81. The number of hydrogen-bond donors (Lipinski definition) is 2. The lowest BCUT2D eigenvalue weighted by atomic mass is 9.81. The molecule has 0 saturated carbocycles.